The molecule has 1 atom stereocenters. The molecule has 1 unspecified atom stereocenters. The van der Waals surface area contributed by atoms with Gasteiger partial charge in [0.1, 0.15) is 16.9 Å². The van der Waals surface area contributed by atoms with Gasteiger partial charge in [0, 0.05) is 18.2 Å². The molecule has 30 heavy (non-hydrogen) atoms. The number of hydrogen-bond acceptors (Lipinski definition) is 7. The van der Waals surface area contributed by atoms with E-state index in [-0.39, 0.29) is 24.5 Å². The van der Waals surface area contributed by atoms with E-state index in [2.05, 4.69) is 32.6 Å². The number of benzene rings is 1. The van der Waals surface area contributed by atoms with Crippen LogP contribution in [0.4, 0.5) is 16.2 Å². The molecule has 1 saturated carbocycles. The van der Waals surface area contributed by atoms with E-state index in [9.17, 15) is 4.39 Å². The second kappa shape index (κ2) is 8.93. The zero-order valence-electron chi connectivity index (χ0n) is 17.2. The minimum atomic E-state index is -0.268. The van der Waals surface area contributed by atoms with Gasteiger partial charge in [-0.15, -0.1) is 0 Å². The molecule has 0 saturated heterocycles. The van der Waals surface area contributed by atoms with Gasteiger partial charge < -0.3 is 22.1 Å². The molecule has 1 fully saturated rings. The van der Waals surface area contributed by atoms with Gasteiger partial charge in [-0.1, -0.05) is 31.9 Å². The first-order chi connectivity index (χ1) is 14.5. The highest BCUT2D eigenvalue weighted by atomic mass is 19.1. The van der Waals surface area contributed by atoms with Gasteiger partial charge in [-0.3, -0.25) is 4.68 Å². The van der Waals surface area contributed by atoms with Gasteiger partial charge in [-0.2, -0.15) is 10.1 Å². The molecule has 0 bridgehead atoms. The number of halogens is 1. The van der Waals surface area contributed by atoms with Gasteiger partial charge in [0.25, 0.3) is 0 Å². The first-order valence-corrected chi connectivity index (χ1v) is 10.6. The predicted molar refractivity (Wildman–Crippen MR) is 116 cm³/mol. The van der Waals surface area contributed by atoms with Crippen LogP contribution in [0.5, 0.6) is 0 Å². The number of fused-ring (bicyclic) bond motifs is 1. The Morgan fingerprint density at radius 2 is 2.13 bits per heavy atom. The van der Waals surface area contributed by atoms with E-state index >= 15 is 0 Å². The average Bonchev–Trinajstić information content (AvgIpc) is 3.05. The van der Waals surface area contributed by atoms with Gasteiger partial charge in [0.2, 0.25) is 5.95 Å². The summed E-state index contributed by atoms with van der Waals surface area (Å²) in [6.07, 6.45) is 6.75. The number of nitrogens with one attached hydrogen (secondary N) is 2. The van der Waals surface area contributed by atoms with E-state index in [0.717, 1.165) is 18.4 Å². The van der Waals surface area contributed by atoms with E-state index in [1.165, 1.54) is 19.3 Å². The maximum Gasteiger partial charge on any atom is 0.222 e. The Bertz CT molecular complexity index is 1010. The maximum absolute atomic E-state index is 14.8. The molecule has 2 heterocycles. The van der Waals surface area contributed by atoms with Crippen molar-refractivity contribution in [3.05, 3.63) is 41.3 Å². The van der Waals surface area contributed by atoms with Crippen molar-refractivity contribution in [1.82, 2.24) is 25.1 Å². The van der Waals surface area contributed by atoms with E-state index < -0.39 is 0 Å². The van der Waals surface area contributed by atoms with Crippen molar-refractivity contribution in [3.63, 3.8) is 0 Å². The van der Waals surface area contributed by atoms with Crippen LogP contribution in [0.25, 0.3) is 11.0 Å². The van der Waals surface area contributed by atoms with Crippen molar-refractivity contribution in [2.24, 2.45) is 5.73 Å². The molecule has 2 aromatic heterocycles. The number of rotatable bonds is 9. The molecule has 1 aromatic carbocycles. The fraction of sp³-hybridized carbons (Fsp3) is 0.476. The Hall–Kier alpha value is -2.78. The first kappa shape index (κ1) is 20.5. The molecule has 0 amide bonds. The molecule has 0 aliphatic heterocycles. The summed E-state index contributed by atoms with van der Waals surface area (Å²) in [4.78, 5) is 8.54. The molecule has 3 aromatic rings. The van der Waals surface area contributed by atoms with Crippen molar-refractivity contribution >= 4 is 22.8 Å². The largest absolute Gasteiger partial charge is 0.368 e. The summed E-state index contributed by atoms with van der Waals surface area (Å²) in [6, 6.07) is 5.94. The number of nitrogens with two attached hydrogens (primary N) is 2. The number of hydrogen-bond donors (Lipinski definition) is 4. The highest BCUT2D eigenvalue weighted by Gasteiger charge is 2.18. The molecular formula is C21H29FN8. The predicted octanol–water partition coefficient (Wildman–Crippen LogP) is 2.73. The Balaban J connectivity index is 1.55. The lowest BCUT2D eigenvalue weighted by Gasteiger charge is -2.26. The van der Waals surface area contributed by atoms with Crippen molar-refractivity contribution < 1.29 is 4.39 Å². The van der Waals surface area contributed by atoms with E-state index in [4.69, 9.17) is 11.5 Å². The Morgan fingerprint density at radius 3 is 2.83 bits per heavy atom. The van der Waals surface area contributed by atoms with Crippen LogP contribution in [0.1, 0.15) is 50.2 Å². The minimum absolute atomic E-state index is 0.141. The number of aromatic nitrogens is 4. The fourth-order valence-electron chi connectivity index (χ4n) is 3.66. The summed E-state index contributed by atoms with van der Waals surface area (Å²) in [5, 5.41) is 11.0. The van der Waals surface area contributed by atoms with E-state index in [0.29, 0.717) is 35.0 Å². The zero-order valence-corrected chi connectivity index (χ0v) is 17.2. The summed E-state index contributed by atoms with van der Waals surface area (Å²) < 4.78 is 16.5. The third kappa shape index (κ3) is 4.52. The Morgan fingerprint density at radius 1 is 1.30 bits per heavy atom. The van der Waals surface area contributed by atoms with Gasteiger partial charge in [-0.25, -0.2) is 9.37 Å². The highest BCUT2D eigenvalue weighted by molar-refractivity contribution is 5.86. The van der Waals surface area contributed by atoms with E-state index in [1.807, 2.05) is 12.1 Å². The molecular weight excluding hydrogens is 383 g/mol. The molecule has 9 heteroatoms. The lowest BCUT2D eigenvalue weighted by molar-refractivity contribution is 0.338. The molecule has 160 valence electrons. The summed E-state index contributed by atoms with van der Waals surface area (Å²) in [6.45, 7) is 3.00. The molecule has 0 radical (unpaired) electrons. The van der Waals surface area contributed by atoms with Crippen LogP contribution >= 0.6 is 0 Å². The molecule has 6 N–H and O–H groups in total. The molecule has 1 aliphatic rings. The summed E-state index contributed by atoms with van der Waals surface area (Å²) in [7, 11) is 0. The van der Waals surface area contributed by atoms with Crippen LogP contribution in [0, 0.1) is 5.82 Å². The summed E-state index contributed by atoms with van der Waals surface area (Å²) in [5.74, 6) is 0.403. The molecule has 1 aliphatic carbocycles. The third-order valence-corrected chi connectivity index (χ3v) is 5.57. The summed E-state index contributed by atoms with van der Waals surface area (Å²) in [5.41, 5.74) is 14.7. The van der Waals surface area contributed by atoms with Crippen LogP contribution < -0.4 is 22.1 Å². The van der Waals surface area contributed by atoms with Crippen molar-refractivity contribution in [2.45, 2.75) is 64.3 Å². The van der Waals surface area contributed by atoms with Gasteiger partial charge in [-0.05, 0) is 30.9 Å². The normalized spacial score (nSPS) is 15.3. The van der Waals surface area contributed by atoms with Gasteiger partial charge in [0.15, 0.2) is 5.82 Å². The number of nitrogens with zero attached hydrogens (tertiary/aromatic N) is 4. The SMILES string of the molecule is CCCC(N)Nc1nc(N)nc2cnn(Cc3ccc(CNC4CCC4)cc3F)c12. The van der Waals surface area contributed by atoms with Crippen molar-refractivity contribution in [2.75, 3.05) is 11.1 Å². The first-order valence-electron chi connectivity index (χ1n) is 10.6. The second-order valence-electron chi connectivity index (χ2n) is 7.94. The van der Waals surface area contributed by atoms with Gasteiger partial charge in [0.05, 0.1) is 18.9 Å². The number of nitrogen functional groups attached to an aromatic ring is 1. The quantitative estimate of drug-likeness (QED) is 0.399. The lowest BCUT2D eigenvalue weighted by atomic mass is 9.93. The van der Waals surface area contributed by atoms with Crippen molar-refractivity contribution in [1.29, 1.82) is 0 Å². The van der Waals surface area contributed by atoms with Crippen LogP contribution in [-0.4, -0.2) is 32.0 Å². The fourth-order valence-corrected chi connectivity index (χ4v) is 3.66. The van der Waals surface area contributed by atoms with E-state index in [1.54, 1.807) is 16.9 Å². The molecule has 0 spiro atoms. The van der Waals surface area contributed by atoms with Crippen molar-refractivity contribution in [3.8, 4) is 0 Å². The maximum atomic E-state index is 14.8. The lowest BCUT2D eigenvalue weighted by Crippen LogP contribution is -2.34. The van der Waals surface area contributed by atoms with Gasteiger partial charge >= 0.3 is 0 Å². The van der Waals surface area contributed by atoms with Crippen LogP contribution in [-0.2, 0) is 13.1 Å². The average molecular weight is 413 g/mol. The second-order valence-corrected chi connectivity index (χ2v) is 7.94. The highest BCUT2D eigenvalue weighted by Crippen LogP contribution is 2.24. The number of anilines is 2. The minimum Gasteiger partial charge on any atom is -0.368 e. The molecule has 4 rings (SSSR count). The molecule has 8 nitrogen and oxygen atoms in total. The zero-order chi connectivity index (χ0) is 21.1. The van der Waals surface area contributed by atoms with Crippen LogP contribution in [0.3, 0.4) is 0 Å². The van der Waals surface area contributed by atoms with Crippen LogP contribution in [0.15, 0.2) is 24.4 Å². The smallest absolute Gasteiger partial charge is 0.222 e. The summed E-state index contributed by atoms with van der Waals surface area (Å²) >= 11 is 0. The van der Waals surface area contributed by atoms with Crippen LogP contribution in [0.2, 0.25) is 0 Å². The topological polar surface area (TPSA) is 120 Å². The monoisotopic (exact) mass is 412 g/mol. The standard InChI is InChI=1S/C21H29FN8/c1-2-4-18(23)28-20-19-17(27-21(24)29-20)11-26-30(19)12-14-8-7-13(9-16(14)22)10-25-15-5-3-6-15/h7-9,11,15,18,25H,2-6,10,12,23H2,1H3,(H3,24,27,28,29). The third-order valence-electron chi connectivity index (χ3n) is 5.57. The Labute approximate surface area is 175 Å². The Kier molecular flexibility index (Phi) is 6.10.